The average Bonchev–Trinajstić information content (AvgIpc) is 2.77. The summed E-state index contributed by atoms with van der Waals surface area (Å²) in [7, 11) is 0. The number of nitrogens with zero attached hydrogens (tertiary/aromatic N) is 1. The summed E-state index contributed by atoms with van der Waals surface area (Å²) < 4.78 is 0. The fourth-order valence-electron chi connectivity index (χ4n) is 1.27. The van der Waals surface area contributed by atoms with Gasteiger partial charge in [-0.05, 0) is 19.9 Å². The smallest absolute Gasteiger partial charge is 0.255 e. The highest BCUT2D eigenvalue weighted by molar-refractivity contribution is 7.12. The average molecular weight is 181 g/mol. The summed E-state index contributed by atoms with van der Waals surface area (Å²) in [4.78, 5) is 15.8. The molecule has 0 N–H and O–H groups in total. The molecule has 1 fully saturated rings. The van der Waals surface area contributed by atoms with Crippen LogP contribution in [0.3, 0.4) is 0 Å². The fourth-order valence-corrected chi connectivity index (χ4v) is 2.18. The molecule has 2 rings (SSSR count). The quantitative estimate of drug-likeness (QED) is 0.605. The zero-order valence-electron chi connectivity index (χ0n) is 7.26. The number of hydrogen-bond donors (Lipinski definition) is 0. The van der Waals surface area contributed by atoms with Gasteiger partial charge in [-0.25, -0.2) is 0 Å². The van der Waals surface area contributed by atoms with E-state index in [1.54, 1.807) is 11.3 Å². The minimum absolute atomic E-state index is 0.205. The molecule has 1 aromatic heterocycles. The molecule has 0 aliphatic carbocycles. The highest BCUT2D eigenvalue weighted by Crippen LogP contribution is 2.23. The van der Waals surface area contributed by atoms with Crippen molar-refractivity contribution in [1.29, 1.82) is 0 Å². The number of hydrogen-bond acceptors (Lipinski definition) is 2. The molecule has 64 valence electrons. The number of rotatable bonds is 1. The van der Waals surface area contributed by atoms with Crippen molar-refractivity contribution in [2.75, 3.05) is 13.1 Å². The van der Waals surface area contributed by atoms with Gasteiger partial charge in [-0.15, -0.1) is 11.3 Å². The van der Waals surface area contributed by atoms with Gasteiger partial charge in [0.25, 0.3) is 5.91 Å². The monoisotopic (exact) mass is 181 g/mol. The molecule has 3 heteroatoms. The van der Waals surface area contributed by atoms with Gasteiger partial charge in [0.2, 0.25) is 0 Å². The van der Waals surface area contributed by atoms with Crippen molar-refractivity contribution in [2.24, 2.45) is 0 Å². The van der Waals surface area contributed by atoms with Crippen LogP contribution in [0.15, 0.2) is 6.07 Å². The summed E-state index contributed by atoms with van der Waals surface area (Å²) in [6.45, 7) is 5.92. The van der Waals surface area contributed by atoms with E-state index in [1.807, 2.05) is 24.8 Å². The zero-order chi connectivity index (χ0) is 8.72. The molecule has 0 bridgehead atoms. The Morgan fingerprint density at radius 3 is 2.58 bits per heavy atom. The van der Waals surface area contributed by atoms with Crippen LogP contribution in [-0.4, -0.2) is 23.9 Å². The van der Waals surface area contributed by atoms with Crippen LogP contribution in [0, 0.1) is 13.8 Å². The van der Waals surface area contributed by atoms with E-state index in [1.165, 1.54) is 4.88 Å². The first-order valence-electron chi connectivity index (χ1n) is 4.05. The third-order valence-corrected chi connectivity index (χ3v) is 2.97. The predicted octanol–water partition coefficient (Wildman–Crippen LogP) is 1.82. The van der Waals surface area contributed by atoms with Crippen LogP contribution in [0.1, 0.15) is 20.1 Å². The van der Waals surface area contributed by atoms with Crippen molar-refractivity contribution in [2.45, 2.75) is 13.8 Å². The summed E-state index contributed by atoms with van der Waals surface area (Å²) >= 11 is 1.70. The molecule has 0 saturated carbocycles. The first kappa shape index (κ1) is 7.80. The topological polar surface area (TPSA) is 20.1 Å². The molecule has 12 heavy (non-hydrogen) atoms. The van der Waals surface area contributed by atoms with Crippen LogP contribution in [0.5, 0.6) is 0 Å². The molecule has 1 aliphatic rings. The Labute approximate surface area is 75.8 Å². The van der Waals surface area contributed by atoms with Crippen molar-refractivity contribution >= 4 is 17.2 Å². The molecule has 0 atom stereocenters. The lowest BCUT2D eigenvalue weighted by atomic mass is 10.2. The van der Waals surface area contributed by atoms with E-state index in [0.717, 1.165) is 23.5 Å². The van der Waals surface area contributed by atoms with E-state index in [0.29, 0.717) is 0 Å². The maximum absolute atomic E-state index is 11.6. The molecular weight excluding hydrogens is 170 g/mol. The molecule has 1 aliphatic heterocycles. The Bertz CT molecular complexity index is 325. The van der Waals surface area contributed by atoms with E-state index in [9.17, 15) is 4.79 Å². The Morgan fingerprint density at radius 2 is 2.17 bits per heavy atom. The third kappa shape index (κ3) is 1.25. The van der Waals surface area contributed by atoms with Crippen molar-refractivity contribution in [1.82, 2.24) is 4.90 Å². The van der Waals surface area contributed by atoms with Crippen LogP contribution < -0.4 is 0 Å². The van der Waals surface area contributed by atoms with E-state index in [4.69, 9.17) is 0 Å². The van der Waals surface area contributed by atoms with Gasteiger partial charge < -0.3 is 4.90 Å². The fraction of sp³-hybridized carbons (Fsp3) is 0.444. The van der Waals surface area contributed by atoms with Crippen LogP contribution in [0.2, 0.25) is 0 Å². The summed E-state index contributed by atoms with van der Waals surface area (Å²) in [5.74, 6) is 0.205. The maximum Gasteiger partial charge on any atom is 0.255 e. The van der Waals surface area contributed by atoms with Crippen LogP contribution in [0.4, 0.5) is 0 Å². The molecule has 1 aromatic rings. The Hall–Kier alpha value is -0.830. The largest absolute Gasteiger partial charge is 0.335 e. The van der Waals surface area contributed by atoms with E-state index >= 15 is 0 Å². The minimum atomic E-state index is 0.205. The number of thiophene rings is 1. The van der Waals surface area contributed by atoms with E-state index in [2.05, 4.69) is 0 Å². The van der Waals surface area contributed by atoms with Crippen molar-refractivity contribution < 1.29 is 4.79 Å². The van der Waals surface area contributed by atoms with Gasteiger partial charge in [-0.3, -0.25) is 4.79 Å². The van der Waals surface area contributed by atoms with Crippen molar-refractivity contribution in [3.63, 3.8) is 0 Å². The molecule has 0 aromatic carbocycles. The van der Waals surface area contributed by atoms with Crippen molar-refractivity contribution in [3.8, 4) is 0 Å². The van der Waals surface area contributed by atoms with Gasteiger partial charge in [0.1, 0.15) is 0 Å². The lowest BCUT2D eigenvalue weighted by Crippen LogP contribution is -2.10. The number of carbonyl (C=O) groups excluding carboxylic acids is 1. The van der Waals surface area contributed by atoms with E-state index < -0.39 is 0 Å². The number of amides is 1. The number of aryl methyl sites for hydroxylation is 2. The predicted molar refractivity (Wildman–Crippen MR) is 49.7 cm³/mol. The van der Waals surface area contributed by atoms with Crippen LogP contribution in [-0.2, 0) is 0 Å². The first-order chi connectivity index (χ1) is 5.68. The van der Waals surface area contributed by atoms with Gasteiger partial charge in [-0.2, -0.15) is 0 Å². The zero-order valence-corrected chi connectivity index (χ0v) is 8.07. The summed E-state index contributed by atoms with van der Waals surface area (Å²) in [5, 5.41) is 0. The van der Waals surface area contributed by atoms with Gasteiger partial charge in [0.05, 0.1) is 5.56 Å². The standard InChI is InChI=1S/C9H11NOS/c1-6-5-8(7(2)12-6)9(11)10-3-4-10/h5H,3-4H2,1-2H3. The molecular formula is C9H11NOS. The summed E-state index contributed by atoms with van der Waals surface area (Å²) in [6.07, 6.45) is 0. The molecule has 0 radical (unpaired) electrons. The molecule has 0 unspecified atom stereocenters. The Morgan fingerprint density at radius 1 is 1.50 bits per heavy atom. The highest BCUT2D eigenvalue weighted by atomic mass is 32.1. The second kappa shape index (κ2) is 2.59. The SMILES string of the molecule is Cc1cc(C(=O)N2CC2)c(C)s1. The van der Waals surface area contributed by atoms with Crippen molar-refractivity contribution in [3.05, 3.63) is 21.4 Å². The normalized spacial score (nSPS) is 15.0. The van der Waals surface area contributed by atoms with Crippen LogP contribution >= 0.6 is 11.3 Å². The minimum Gasteiger partial charge on any atom is -0.335 e. The lowest BCUT2D eigenvalue weighted by molar-refractivity contribution is 0.0885. The summed E-state index contributed by atoms with van der Waals surface area (Å²) in [6, 6.07) is 1.99. The van der Waals surface area contributed by atoms with Gasteiger partial charge in [-0.1, -0.05) is 0 Å². The van der Waals surface area contributed by atoms with Crippen LogP contribution in [0.25, 0.3) is 0 Å². The molecule has 2 heterocycles. The maximum atomic E-state index is 11.6. The lowest BCUT2D eigenvalue weighted by Gasteiger charge is -1.98. The Kier molecular flexibility index (Phi) is 1.68. The first-order valence-corrected chi connectivity index (χ1v) is 4.86. The molecule has 0 spiro atoms. The van der Waals surface area contributed by atoms with Gasteiger partial charge in [0.15, 0.2) is 0 Å². The van der Waals surface area contributed by atoms with Gasteiger partial charge >= 0.3 is 0 Å². The second-order valence-corrected chi connectivity index (χ2v) is 4.58. The highest BCUT2D eigenvalue weighted by Gasteiger charge is 2.26. The molecule has 1 amide bonds. The second-order valence-electron chi connectivity index (χ2n) is 3.12. The molecule has 1 saturated heterocycles. The third-order valence-electron chi connectivity index (χ3n) is 2.01. The van der Waals surface area contributed by atoms with E-state index in [-0.39, 0.29) is 5.91 Å². The van der Waals surface area contributed by atoms with Gasteiger partial charge in [0, 0.05) is 22.8 Å². The Balaban J connectivity index is 2.31. The number of carbonyl (C=O) groups is 1. The summed E-state index contributed by atoms with van der Waals surface area (Å²) in [5.41, 5.74) is 0.898. The molecule has 2 nitrogen and oxygen atoms in total.